The number of benzene rings is 3. The number of hydrogen-bond acceptors (Lipinski definition) is 13. The van der Waals surface area contributed by atoms with Crippen LogP contribution in [0.2, 0.25) is 0 Å². The Morgan fingerprint density at radius 2 is 1.61 bits per heavy atom. The van der Waals surface area contributed by atoms with Crippen LogP contribution in [0.4, 0.5) is 11.4 Å². The highest BCUT2D eigenvalue weighted by Gasteiger charge is 2.43. The fourth-order valence-corrected chi connectivity index (χ4v) is 9.63. The zero-order valence-corrected chi connectivity index (χ0v) is 37.3. The number of fused-ring (bicyclic) bond motifs is 2. The minimum absolute atomic E-state index is 0.0147. The fourth-order valence-electron chi connectivity index (χ4n) is 8.72. The van der Waals surface area contributed by atoms with Gasteiger partial charge in [0.25, 0.3) is 11.8 Å². The summed E-state index contributed by atoms with van der Waals surface area (Å²) < 4.78 is 38.0. The molecule has 340 valence electrons. The number of anilines is 2. The van der Waals surface area contributed by atoms with Gasteiger partial charge in [0, 0.05) is 57.7 Å². The lowest BCUT2D eigenvalue weighted by Crippen LogP contribution is -2.48. The van der Waals surface area contributed by atoms with Crippen LogP contribution >= 0.6 is 0 Å². The van der Waals surface area contributed by atoms with Gasteiger partial charge in [-0.3, -0.25) is 48.6 Å². The van der Waals surface area contributed by atoms with E-state index in [2.05, 4.69) is 30.8 Å². The van der Waals surface area contributed by atoms with Gasteiger partial charge in [-0.15, -0.1) is 0 Å². The van der Waals surface area contributed by atoms with Crippen LogP contribution in [0.25, 0.3) is 10.9 Å². The molecule has 0 spiro atoms. The number of ether oxygens (including phenoxy) is 2. The Kier molecular flexibility index (Phi) is 14.1. The molecule has 0 radical (unpaired) electrons. The van der Waals surface area contributed by atoms with E-state index in [0.717, 1.165) is 62.1 Å². The van der Waals surface area contributed by atoms with E-state index in [1.807, 2.05) is 18.2 Å². The average Bonchev–Trinajstić information content (AvgIpc) is 3.72. The third-order valence-corrected chi connectivity index (χ3v) is 12.7. The Bertz CT molecular complexity index is 2590. The number of aromatic nitrogens is 2. The number of carbonyl (C=O) groups is 6. The van der Waals surface area contributed by atoms with E-state index in [9.17, 15) is 37.2 Å². The number of nitrogens with zero attached hydrogens (tertiary/aromatic N) is 5. The van der Waals surface area contributed by atoms with Gasteiger partial charge in [0.05, 0.1) is 71.7 Å². The highest BCUT2D eigenvalue weighted by atomic mass is 32.2. The number of imide groups is 2. The van der Waals surface area contributed by atoms with Gasteiger partial charge < -0.3 is 25.0 Å². The second kappa shape index (κ2) is 19.7. The van der Waals surface area contributed by atoms with Crippen LogP contribution in [0.5, 0.6) is 11.5 Å². The lowest BCUT2D eigenvalue weighted by Gasteiger charge is -2.34. The van der Waals surface area contributed by atoms with Crippen LogP contribution in [-0.2, 0) is 36.1 Å². The first kappa shape index (κ1) is 45.8. The summed E-state index contributed by atoms with van der Waals surface area (Å²) in [4.78, 5) is 83.8. The molecule has 3 aliphatic heterocycles. The quantitative estimate of drug-likeness (QED) is 0.0962. The smallest absolute Gasteiger partial charge is 0.264 e. The molecule has 19 heteroatoms. The first-order valence-electron chi connectivity index (χ1n) is 21.5. The molecule has 6 amide bonds. The van der Waals surface area contributed by atoms with Crippen molar-refractivity contribution in [3.8, 4) is 11.5 Å². The third-order valence-electron chi connectivity index (χ3n) is 11.8. The molecule has 0 bridgehead atoms. The van der Waals surface area contributed by atoms with Crippen molar-refractivity contribution in [1.82, 2.24) is 29.8 Å². The van der Waals surface area contributed by atoms with Crippen molar-refractivity contribution in [2.24, 2.45) is 7.05 Å². The number of aryl methyl sites for hydroxylation is 1. The van der Waals surface area contributed by atoms with E-state index >= 15 is 0 Å². The van der Waals surface area contributed by atoms with Gasteiger partial charge in [0.15, 0.2) is 11.5 Å². The molecule has 3 aliphatic rings. The number of hydrogen-bond donors (Lipinski definition) is 3. The van der Waals surface area contributed by atoms with Crippen molar-refractivity contribution in [1.29, 1.82) is 0 Å². The molecule has 2 saturated heterocycles. The van der Waals surface area contributed by atoms with E-state index in [4.69, 9.17) is 9.47 Å². The number of rotatable bonds is 18. The first-order chi connectivity index (χ1) is 30.6. The molecule has 18 nitrogen and oxygen atoms in total. The predicted octanol–water partition coefficient (Wildman–Crippen LogP) is 3.64. The number of sulfone groups is 1. The maximum atomic E-state index is 14.0. The van der Waals surface area contributed by atoms with Crippen LogP contribution in [0, 0.1) is 0 Å². The second-order valence-electron chi connectivity index (χ2n) is 16.4. The van der Waals surface area contributed by atoms with E-state index in [0.29, 0.717) is 53.4 Å². The summed E-state index contributed by atoms with van der Waals surface area (Å²) in [6.45, 7) is 6.17. The summed E-state index contributed by atoms with van der Waals surface area (Å²) in [5.74, 6) is -2.79. The fraction of sp³-hybridized carbons (Fsp3) is 0.444. The Morgan fingerprint density at radius 1 is 0.891 bits per heavy atom. The summed E-state index contributed by atoms with van der Waals surface area (Å²) in [6.07, 6.45) is 4.13. The van der Waals surface area contributed by atoms with E-state index in [1.54, 1.807) is 49.0 Å². The standard InChI is InChI=1S/C45H54N8O10S/c1-5-63-36-25-28(16-18-35(36)62-3)34(27-64(4,60)61)53-44(58)29-11-9-13-32(40(29)45(53)59)46-37(54)15-7-6-8-20-51-21-23-52(24-22-51)26-39(56)47-33-14-10-12-30-41(49-50(2)42(30)33)31-17-19-38(55)48-43(31)57/h9-14,16,18,25,31,34H,5-8,15,17,19-24,26-27H2,1-4H3,(H,46,54)(H,47,56)(H,48,55,57)/t31?,34-/m1/s1. The van der Waals surface area contributed by atoms with Crippen LogP contribution in [0.15, 0.2) is 54.6 Å². The molecule has 3 N–H and O–H groups in total. The van der Waals surface area contributed by atoms with Gasteiger partial charge in [-0.25, -0.2) is 8.42 Å². The van der Waals surface area contributed by atoms with E-state index < -0.39 is 39.4 Å². The molecule has 1 aromatic heterocycles. The molecular formula is C45H54N8O10S. The van der Waals surface area contributed by atoms with Crippen LogP contribution < -0.4 is 25.4 Å². The average molecular weight is 899 g/mol. The monoisotopic (exact) mass is 898 g/mol. The zero-order chi connectivity index (χ0) is 45.7. The van der Waals surface area contributed by atoms with Gasteiger partial charge in [0.2, 0.25) is 23.6 Å². The molecule has 0 aliphatic carbocycles. The minimum atomic E-state index is -3.69. The molecule has 2 atom stereocenters. The van der Waals surface area contributed by atoms with E-state index in [1.165, 1.54) is 13.2 Å². The maximum Gasteiger partial charge on any atom is 0.264 e. The Hall–Kier alpha value is -6.18. The number of para-hydroxylation sites is 1. The topological polar surface area (TPSA) is 219 Å². The van der Waals surface area contributed by atoms with Crippen molar-refractivity contribution in [3.63, 3.8) is 0 Å². The second-order valence-corrected chi connectivity index (χ2v) is 18.6. The number of carbonyl (C=O) groups excluding carboxylic acids is 6. The van der Waals surface area contributed by atoms with Crippen LogP contribution in [-0.4, -0.2) is 133 Å². The lowest BCUT2D eigenvalue weighted by atomic mass is 9.92. The summed E-state index contributed by atoms with van der Waals surface area (Å²) in [6, 6.07) is 13.7. The molecule has 1 unspecified atom stereocenters. The SMILES string of the molecule is CCOc1cc([C@@H](CS(C)(=O)=O)N2C(=O)c3cccc(NC(=O)CCCCCN4CCN(CC(=O)Nc5cccc6c(C7CCC(=O)NC7=O)nn(C)c56)CC4)c3C2=O)ccc1OC. The Labute approximate surface area is 371 Å². The normalized spacial score (nSPS) is 17.6. The predicted molar refractivity (Wildman–Crippen MR) is 238 cm³/mol. The van der Waals surface area contributed by atoms with Gasteiger partial charge >= 0.3 is 0 Å². The van der Waals surface area contributed by atoms with Gasteiger partial charge in [-0.05, 0) is 68.6 Å². The summed E-state index contributed by atoms with van der Waals surface area (Å²) >= 11 is 0. The highest BCUT2D eigenvalue weighted by molar-refractivity contribution is 7.90. The van der Waals surface area contributed by atoms with E-state index in [-0.39, 0.29) is 59.8 Å². The largest absolute Gasteiger partial charge is 0.493 e. The van der Waals surface area contributed by atoms with Gasteiger partial charge in [0.1, 0.15) is 9.84 Å². The van der Waals surface area contributed by atoms with Crippen LogP contribution in [0.1, 0.15) is 89.4 Å². The summed E-state index contributed by atoms with van der Waals surface area (Å²) in [5.41, 5.74) is 2.54. The number of methoxy groups -OCH3 is 1. The molecule has 2 fully saturated rings. The molecule has 0 saturated carbocycles. The molecule has 7 rings (SSSR count). The van der Waals surface area contributed by atoms with Crippen molar-refractivity contribution in [2.75, 3.05) is 75.6 Å². The number of nitrogens with one attached hydrogen (secondary N) is 3. The van der Waals surface area contributed by atoms with Crippen molar-refractivity contribution in [3.05, 3.63) is 77.0 Å². The highest BCUT2D eigenvalue weighted by Crippen LogP contribution is 2.39. The summed E-state index contributed by atoms with van der Waals surface area (Å²) in [5, 5.41) is 13.6. The number of piperazine rings is 1. The Balaban J connectivity index is 0.864. The minimum Gasteiger partial charge on any atom is -0.493 e. The third kappa shape index (κ3) is 10.3. The Morgan fingerprint density at radius 3 is 2.33 bits per heavy atom. The van der Waals surface area contributed by atoms with Crippen molar-refractivity contribution < 1.29 is 46.7 Å². The zero-order valence-electron chi connectivity index (χ0n) is 36.5. The molecule has 3 aromatic carbocycles. The summed E-state index contributed by atoms with van der Waals surface area (Å²) in [7, 11) is -0.447. The molecule has 4 heterocycles. The molecule has 4 aromatic rings. The first-order valence-corrected chi connectivity index (χ1v) is 23.5. The van der Waals surface area contributed by atoms with Crippen molar-refractivity contribution in [2.45, 2.75) is 57.4 Å². The number of amides is 6. The van der Waals surface area contributed by atoms with Gasteiger partial charge in [-0.2, -0.15) is 5.10 Å². The number of piperidine rings is 1. The number of unbranched alkanes of at least 4 members (excludes halogenated alkanes) is 2. The molecule has 64 heavy (non-hydrogen) atoms. The maximum absolute atomic E-state index is 14.0. The van der Waals surface area contributed by atoms with Crippen LogP contribution in [0.3, 0.4) is 0 Å². The van der Waals surface area contributed by atoms with Crippen molar-refractivity contribution >= 4 is 67.6 Å². The lowest BCUT2D eigenvalue weighted by molar-refractivity contribution is -0.134. The molecular weight excluding hydrogens is 845 g/mol. The van der Waals surface area contributed by atoms with Gasteiger partial charge in [-0.1, -0.05) is 30.7 Å².